The van der Waals surface area contributed by atoms with Crippen LogP contribution in [0.1, 0.15) is 32.3 Å². The lowest BCUT2D eigenvalue weighted by Crippen LogP contribution is -2.52. The number of methoxy groups -OCH3 is 2. The molecule has 18 nitrogen and oxygen atoms in total. The molecule has 318 valence electrons. The maximum absolute atomic E-state index is 14.3. The first-order valence-corrected chi connectivity index (χ1v) is 19.4. The number of likely N-dealkylation sites (N-methyl/N-ethyl adjacent to an activating group) is 2. The van der Waals surface area contributed by atoms with Crippen molar-refractivity contribution in [3.05, 3.63) is 70.6 Å². The number of fused-ring (bicyclic) bond motifs is 6. The second-order valence-electron chi connectivity index (χ2n) is 14.6. The van der Waals surface area contributed by atoms with E-state index < -0.39 is 30.1 Å². The Morgan fingerprint density at radius 1 is 0.933 bits per heavy atom. The van der Waals surface area contributed by atoms with E-state index in [1.54, 1.807) is 73.4 Å². The Balaban J connectivity index is 1.14. The number of amides is 5. The summed E-state index contributed by atoms with van der Waals surface area (Å²) in [6.45, 7) is 4.27. The van der Waals surface area contributed by atoms with Crippen LogP contribution in [-0.4, -0.2) is 98.7 Å². The van der Waals surface area contributed by atoms with Gasteiger partial charge in [0.15, 0.2) is 23.0 Å². The number of nitrogens with zero attached hydrogens (tertiary/aromatic N) is 3. The van der Waals surface area contributed by atoms with E-state index in [0.717, 1.165) is 0 Å². The Kier molecular flexibility index (Phi) is 13.4. The number of carbonyl (C=O) groups excluding carboxylic acids is 4. The number of benzene rings is 3. The molecule has 2 atom stereocenters. The van der Waals surface area contributed by atoms with E-state index in [-0.39, 0.29) is 56.8 Å². The highest BCUT2D eigenvalue weighted by Crippen LogP contribution is 2.40. The van der Waals surface area contributed by atoms with E-state index in [9.17, 15) is 24.0 Å². The molecule has 2 aromatic heterocycles. The van der Waals surface area contributed by atoms with Gasteiger partial charge in [0.05, 0.1) is 36.7 Å². The molecular weight excluding hydrogens is 777 g/mol. The lowest BCUT2D eigenvalue weighted by molar-refractivity contribution is -0.128. The quantitative estimate of drug-likeness (QED) is 0.0666. The molecule has 3 heterocycles. The number of hydrogen-bond acceptors (Lipinski definition) is 12. The molecule has 60 heavy (non-hydrogen) atoms. The second-order valence-corrected chi connectivity index (χ2v) is 14.6. The van der Waals surface area contributed by atoms with E-state index in [2.05, 4.69) is 21.3 Å². The Labute approximate surface area is 345 Å². The number of anilines is 1. The molecule has 0 fully saturated rings. The summed E-state index contributed by atoms with van der Waals surface area (Å²) >= 11 is 0. The van der Waals surface area contributed by atoms with Crippen molar-refractivity contribution in [3.63, 3.8) is 0 Å². The Hall–Kier alpha value is -6.82. The number of urea groups is 1. The fraction of sp³-hybridized carbons (Fsp3) is 0.381. The van der Waals surface area contributed by atoms with Crippen LogP contribution in [-0.2, 0) is 27.5 Å². The monoisotopic (exact) mass is 826 g/mol. The molecule has 6 N–H and O–H groups in total. The van der Waals surface area contributed by atoms with E-state index in [1.807, 2.05) is 13.8 Å². The summed E-state index contributed by atoms with van der Waals surface area (Å²) in [6, 6.07) is 11.6. The van der Waals surface area contributed by atoms with Gasteiger partial charge in [-0.3, -0.25) is 19.4 Å². The van der Waals surface area contributed by atoms with Gasteiger partial charge in [0.25, 0.3) is 5.56 Å². The van der Waals surface area contributed by atoms with Gasteiger partial charge in [-0.25, -0.2) is 9.59 Å². The molecule has 0 aliphatic carbocycles. The zero-order valence-electron chi connectivity index (χ0n) is 34.4. The summed E-state index contributed by atoms with van der Waals surface area (Å²) in [5.41, 5.74) is 7.18. The van der Waals surface area contributed by atoms with Crippen molar-refractivity contribution in [1.29, 1.82) is 0 Å². The fourth-order valence-electron chi connectivity index (χ4n) is 7.12. The maximum atomic E-state index is 14.3. The van der Waals surface area contributed by atoms with Gasteiger partial charge in [-0.1, -0.05) is 26.0 Å². The molecule has 0 spiro atoms. The van der Waals surface area contributed by atoms with Gasteiger partial charge < -0.3 is 60.2 Å². The largest absolute Gasteiger partial charge is 0.493 e. The standard InChI is InChI=1S/C42H50N8O10/c1-23(2)36(44-3)39(52)48-30(8-7-13-45-41(43)54)38(51)47-25-11-9-24(10-12-25)21-58-42(55)49(4)14-15-50-37-28-18-34-35(60-22-59-34)19-31(28)46-20-29(37)26-16-32(56-5)33(57-6)17-27(26)40(50)53/h9-12,16-20,23,30,36,44H,7-8,13-15,21-22H2,1-6H3,(H,47,51)(H,48,52)(H3,43,45,54)/t30-,36-/m0/s1. The molecule has 18 heteroatoms. The van der Waals surface area contributed by atoms with Gasteiger partial charge in [-0.05, 0) is 61.7 Å². The Morgan fingerprint density at radius 3 is 2.27 bits per heavy atom. The molecule has 0 radical (unpaired) electrons. The third-order valence-electron chi connectivity index (χ3n) is 10.3. The number of aromatic nitrogens is 2. The first-order valence-electron chi connectivity index (χ1n) is 19.4. The van der Waals surface area contributed by atoms with Crippen LogP contribution in [0.4, 0.5) is 15.3 Å². The third kappa shape index (κ3) is 9.39. The van der Waals surface area contributed by atoms with Gasteiger partial charge in [-0.2, -0.15) is 0 Å². The highest BCUT2D eigenvalue weighted by Gasteiger charge is 2.27. The van der Waals surface area contributed by atoms with E-state index >= 15 is 0 Å². The number of carbonyl (C=O) groups is 4. The molecule has 0 unspecified atom stereocenters. The molecule has 0 saturated heterocycles. The predicted octanol–water partition coefficient (Wildman–Crippen LogP) is 3.83. The first-order chi connectivity index (χ1) is 28.8. The molecular formula is C42H50N8O10. The lowest BCUT2D eigenvalue weighted by atomic mass is 10.0. The summed E-state index contributed by atoms with van der Waals surface area (Å²) in [7, 11) is 6.28. The van der Waals surface area contributed by atoms with Crippen LogP contribution in [0.2, 0.25) is 0 Å². The summed E-state index contributed by atoms with van der Waals surface area (Å²) in [5, 5.41) is 13.5. The normalized spacial score (nSPS) is 12.9. The van der Waals surface area contributed by atoms with Crippen LogP contribution < -0.4 is 51.5 Å². The van der Waals surface area contributed by atoms with Crippen LogP contribution >= 0.6 is 0 Å². The number of nitrogens with two attached hydrogens (primary N) is 1. The molecule has 0 bridgehead atoms. The minimum absolute atomic E-state index is 0.0205. The molecule has 6 rings (SSSR count). The predicted molar refractivity (Wildman–Crippen MR) is 225 cm³/mol. The third-order valence-corrected chi connectivity index (χ3v) is 10.3. The number of pyridine rings is 2. The number of hydrogen-bond donors (Lipinski definition) is 5. The van der Waals surface area contributed by atoms with Crippen LogP contribution in [0, 0.1) is 5.92 Å². The van der Waals surface area contributed by atoms with Crippen LogP contribution in [0.3, 0.4) is 0 Å². The van der Waals surface area contributed by atoms with E-state index in [0.29, 0.717) is 73.2 Å². The first kappa shape index (κ1) is 42.8. The molecule has 5 amide bonds. The minimum Gasteiger partial charge on any atom is -0.493 e. The maximum Gasteiger partial charge on any atom is 0.409 e. The second kappa shape index (κ2) is 18.8. The van der Waals surface area contributed by atoms with Crippen molar-refractivity contribution in [3.8, 4) is 23.0 Å². The van der Waals surface area contributed by atoms with Crippen molar-refractivity contribution in [2.75, 3.05) is 53.5 Å². The average Bonchev–Trinajstić information content (AvgIpc) is 3.70. The van der Waals surface area contributed by atoms with Crippen LogP contribution in [0.25, 0.3) is 32.6 Å². The molecule has 5 aromatic rings. The number of nitrogens with one attached hydrogen (secondary N) is 4. The molecule has 1 aliphatic rings. The SMILES string of the molecule is CN[C@H](C(=O)N[C@@H](CCCNC(N)=O)C(=O)Nc1ccc(COC(=O)N(C)CCn2c(=O)c3cc(OC)c(OC)cc3c3cnc4cc5c(cc4c32)OCO5)cc1)C(C)C. The van der Waals surface area contributed by atoms with Crippen molar-refractivity contribution in [1.82, 2.24) is 30.4 Å². The van der Waals surface area contributed by atoms with Gasteiger partial charge in [-0.15, -0.1) is 0 Å². The number of ether oxygens (including phenoxy) is 5. The van der Waals surface area contributed by atoms with E-state index in [1.165, 1.54) is 19.1 Å². The zero-order chi connectivity index (χ0) is 43.1. The van der Waals surface area contributed by atoms with Gasteiger partial charge in [0.1, 0.15) is 12.6 Å². The van der Waals surface area contributed by atoms with Gasteiger partial charge >= 0.3 is 12.1 Å². The highest BCUT2D eigenvalue weighted by atomic mass is 16.7. The average molecular weight is 827 g/mol. The van der Waals surface area contributed by atoms with Gasteiger partial charge in [0.2, 0.25) is 18.6 Å². The summed E-state index contributed by atoms with van der Waals surface area (Å²) in [6.07, 6.45) is 1.74. The number of primary amides is 1. The minimum atomic E-state index is -0.882. The van der Waals surface area contributed by atoms with Crippen LogP contribution in [0.5, 0.6) is 23.0 Å². The topological polar surface area (TPSA) is 227 Å². The van der Waals surface area contributed by atoms with Crippen molar-refractivity contribution in [2.24, 2.45) is 11.7 Å². The zero-order valence-corrected chi connectivity index (χ0v) is 34.4. The van der Waals surface area contributed by atoms with Crippen molar-refractivity contribution in [2.45, 2.75) is 51.9 Å². The summed E-state index contributed by atoms with van der Waals surface area (Å²) < 4.78 is 29.5. The molecule has 3 aromatic carbocycles. The van der Waals surface area contributed by atoms with E-state index in [4.69, 9.17) is 34.4 Å². The van der Waals surface area contributed by atoms with Crippen molar-refractivity contribution >= 4 is 62.2 Å². The smallest absolute Gasteiger partial charge is 0.409 e. The summed E-state index contributed by atoms with van der Waals surface area (Å²) in [5.74, 6) is 1.16. The highest BCUT2D eigenvalue weighted by molar-refractivity contribution is 6.15. The van der Waals surface area contributed by atoms with Crippen molar-refractivity contribution < 1.29 is 42.9 Å². The molecule has 0 saturated carbocycles. The lowest BCUT2D eigenvalue weighted by Gasteiger charge is -2.24. The summed E-state index contributed by atoms with van der Waals surface area (Å²) in [4.78, 5) is 71.0. The Morgan fingerprint density at radius 2 is 1.62 bits per heavy atom. The number of rotatable bonds is 17. The van der Waals surface area contributed by atoms with Gasteiger partial charge in [0, 0.05) is 60.8 Å². The Bertz CT molecular complexity index is 2470. The molecule has 1 aliphatic heterocycles. The fourth-order valence-corrected chi connectivity index (χ4v) is 7.12. The van der Waals surface area contributed by atoms with Crippen LogP contribution in [0.15, 0.2) is 59.5 Å².